The lowest BCUT2D eigenvalue weighted by Crippen LogP contribution is -2.27. The van der Waals surface area contributed by atoms with E-state index in [9.17, 15) is 13.2 Å². The van der Waals surface area contributed by atoms with Crippen LogP contribution >= 0.6 is 11.8 Å². The van der Waals surface area contributed by atoms with E-state index in [0.29, 0.717) is 18.1 Å². The number of primary sulfonamides is 1. The number of nitrogens with one attached hydrogen (secondary N) is 1. The number of hydrogen-bond acceptors (Lipinski definition) is 8. The van der Waals surface area contributed by atoms with Crippen LogP contribution in [0.5, 0.6) is 0 Å². The maximum atomic E-state index is 11.8. The number of hydrogen-bond donors (Lipinski definition) is 3. The Labute approximate surface area is 154 Å². The number of nitrogens with two attached hydrogens (primary N) is 2. The summed E-state index contributed by atoms with van der Waals surface area (Å²) in [6.07, 6.45) is 1.86. The van der Waals surface area contributed by atoms with Gasteiger partial charge in [-0.3, -0.25) is 4.79 Å². The molecule has 2 rings (SSSR count). The summed E-state index contributed by atoms with van der Waals surface area (Å²) in [5.74, 6) is -0.0218. The van der Waals surface area contributed by atoms with Crippen molar-refractivity contribution >= 4 is 33.5 Å². The lowest BCUT2D eigenvalue weighted by Gasteiger charge is -2.06. The average molecular weight is 392 g/mol. The Morgan fingerprint density at radius 1 is 1.31 bits per heavy atom. The van der Waals surface area contributed by atoms with Gasteiger partial charge in [0.2, 0.25) is 15.9 Å². The van der Waals surface area contributed by atoms with Gasteiger partial charge >= 0.3 is 0 Å². The molecule has 0 aliphatic carbocycles. The van der Waals surface area contributed by atoms with Gasteiger partial charge in [-0.25, -0.2) is 23.5 Å². The fourth-order valence-corrected chi connectivity index (χ4v) is 3.07. The molecule has 1 amide bonds. The Hall–Kier alpha value is -2.68. The molecule has 0 saturated heterocycles. The van der Waals surface area contributed by atoms with Gasteiger partial charge < -0.3 is 11.1 Å². The van der Waals surface area contributed by atoms with Crippen LogP contribution in [0.4, 0.5) is 5.82 Å². The SMILES string of the molecule is N#Cc1cnc(SCC(=O)NCCc2ccc(S(N)(=O)=O)cc2)nc1N. The molecule has 1 aromatic carbocycles. The lowest BCUT2D eigenvalue weighted by molar-refractivity contribution is -0.118. The molecule has 11 heteroatoms. The second-order valence-electron chi connectivity index (χ2n) is 5.14. The molecule has 0 unspecified atom stereocenters. The quantitative estimate of drug-likeness (QED) is 0.438. The Bertz CT molecular complexity index is 939. The number of carbonyl (C=O) groups excluding carboxylic acids is 1. The highest BCUT2D eigenvalue weighted by Gasteiger charge is 2.09. The summed E-state index contributed by atoms with van der Waals surface area (Å²) in [5.41, 5.74) is 6.64. The van der Waals surface area contributed by atoms with Gasteiger partial charge in [-0.2, -0.15) is 5.26 Å². The summed E-state index contributed by atoms with van der Waals surface area (Å²) in [4.78, 5) is 19.8. The van der Waals surface area contributed by atoms with Gasteiger partial charge in [-0.1, -0.05) is 23.9 Å². The Kier molecular flexibility index (Phi) is 6.51. The van der Waals surface area contributed by atoms with Crippen molar-refractivity contribution in [3.8, 4) is 6.07 Å². The second-order valence-corrected chi connectivity index (χ2v) is 7.64. The first-order valence-electron chi connectivity index (χ1n) is 7.33. The molecule has 5 N–H and O–H groups in total. The first-order valence-corrected chi connectivity index (χ1v) is 9.86. The zero-order valence-electron chi connectivity index (χ0n) is 13.5. The molecule has 0 spiro atoms. The van der Waals surface area contributed by atoms with Crippen LogP contribution in [-0.2, 0) is 21.2 Å². The van der Waals surface area contributed by atoms with Gasteiger partial charge in [0.1, 0.15) is 17.5 Å². The second kappa shape index (κ2) is 8.61. The summed E-state index contributed by atoms with van der Waals surface area (Å²) in [6, 6.07) is 8.01. The minimum Gasteiger partial charge on any atom is -0.382 e. The van der Waals surface area contributed by atoms with Gasteiger partial charge in [0.05, 0.1) is 16.8 Å². The van der Waals surface area contributed by atoms with E-state index in [1.165, 1.54) is 18.3 Å². The highest BCUT2D eigenvalue weighted by Crippen LogP contribution is 2.15. The molecule has 0 atom stereocenters. The van der Waals surface area contributed by atoms with E-state index in [2.05, 4.69) is 15.3 Å². The summed E-state index contributed by atoms with van der Waals surface area (Å²) in [6.45, 7) is 0.393. The molecule has 2 aromatic rings. The molecule has 136 valence electrons. The summed E-state index contributed by atoms with van der Waals surface area (Å²) in [7, 11) is -3.71. The van der Waals surface area contributed by atoms with Crippen molar-refractivity contribution in [2.75, 3.05) is 18.0 Å². The van der Waals surface area contributed by atoms with Crippen LogP contribution in [0.25, 0.3) is 0 Å². The van der Waals surface area contributed by atoms with E-state index in [1.54, 1.807) is 12.1 Å². The zero-order valence-corrected chi connectivity index (χ0v) is 15.2. The molecule has 0 fully saturated rings. The van der Waals surface area contributed by atoms with Gasteiger partial charge in [0, 0.05) is 6.54 Å². The summed E-state index contributed by atoms with van der Waals surface area (Å²) in [5, 5.41) is 16.8. The number of anilines is 1. The van der Waals surface area contributed by atoms with Crippen LogP contribution in [-0.4, -0.2) is 36.6 Å². The van der Waals surface area contributed by atoms with Crippen LogP contribution < -0.4 is 16.2 Å². The van der Waals surface area contributed by atoms with Crippen LogP contribution in [0.15, 0.2) is 40.5 Å². The third-order valence-corrected chi connectivity index (χ3v) is 5.03. The van der Waals surface area contributed by atoms with Crippen LogP contribution in [0.1, 0.15) is 11.1 Å². The van der Waals surface area contributed by atoms with Crippen LogP contribution in [0.3, 0.4) is 0 Å². The number of thioether (sulfide) groups is 1. The van der Waals surface area contributed by atoms with E-state index in [-0.39, 0.29) is 27.9 Å². The molecule has 9 nitrogen and oxygen atoms in total. The van der Waals surface area contributed by atoms with Crippen molar-refractivity contribution in [1.29, 1.82) is 5.26 Å². The molecule has 0 saturated carbocycles. The fraction of sp³-hybridized carbons (Fsp3) is 0.200. The largest absolute Gasteiger partial charge is 0.382 e. The highest BCUT2D eigenvalue weighted by atomic mass is 32.2. The average Bonchev–Trinajstić information content (AvgIpc) is 2.60. The Morgan fingerprint density at radius 2 is 2.00 bits per heavy atom. The topological polar surface area (TPSA) is 165 Å². The van der Waals surface area contributed by atoms with Crippen molar-refractivity contribution in [3.05, 3.63) is 41.6 Å². The zero-order chi connectivity index (χ0) is 19.2. The monoisotopic (exact) mass is 392 g/mol. The van der Waals surface area contributed by atoms with E-state index < -0.39 is 10.0 Å². The number of benzene rings is 1. The normalized spacial score (nSPS) is 10.9. The predicted molar refractivity (Wildman–Crippen MR) is 96.4 cm³/mol. The molecular weight excluding hydrogens is 376 g/mol. The van der Waals surface area contributed by atoms with Crippen molar-refractivity contribution in [1.82, 2.24) is 15.3 Å². The van der Waals surface area contributed by atoms with E-state index in [4.69, 9.17) is 16.1 Å². The molecule has 0 radical (unpaired) electrons. The van der Waals surface area contributed by atoms with Gasteiger partial charge in [0.15, 0.2) is 5.16 Å². The smallest absolute Gasteiger partial charge is 0.238 e. The maximum absolute atomic E-state index is 11.8. The standard InChI is InChI=1S/C15H16N6O3S2/c16-7-11-8-20-15(21-14(11)17)25-9-13(22)19-6-5-10-1-3-12(4-2-10)26(18,23)24/h1-4,8H,5-6,9H2,(H,19,22)(H2,17,20,21)(H2,18,23,24). The lowest BCUT2D eigenvalue weighted by atomic mass is 10.1. The molecule has 0 aliphatic rings. The molecule has 1 aromatic heterocycles. The Morgan fingerprint density at radius 3 is 2.58 bits per heavy atom. The molecule has 26 heavy (non-hydrogen) atoms. The third kappa shape index (κ3) is 5.69. The summed E-state index contributed by atoms with van der Waals surface area (Å²) >= 11 is 1.11. The first-order chi connectivity index (χ1) is 12.3. The van der Waals surface area contributed by atoms with Gasteiger partial charge in [0.25, 0.3) is 0 Å². The number of carbonyl (C=O) groups is 1. The number of amides is 1. The van der Waals surface area contributed by atoms with Gasteiger partial charge in [-0.05, 0) is 24.1 Å². The van der Waals surface area contributed by atoms with Gasteiger partial charge in [-0.15, -0.1) is 0 Å². The van der Waals surface area contributed by atoms with Crippen molar-refractivity contribution in [3.63, 3.8) is 0 Å². The Balaban J connectivity index is 1.77. The van der Waals surface area contributed by atoms with Crippen molar-refractivity contribution < 1.29 is 13.2 Å². The summed E-state index contributed by atoms with van der Waals surface area (Å²) < 4.78 is 22.4. The highest BCUT2D eigenvalue weighted by molar-refractivity contribution is 7.99. The molecular formula is C15H16N6O3S2. The molecule has 0 bridgehead atoms. The third-order valence-electron chi connectivity index (χ3n) is 3.24. The van der Waals surface area contributed by atoms with Crippen LogP contribution in [0.2, 0.25) is 0 Å². The number of nitriles is 1. The van der Waals surface area contributed by atoms with E-state index in [0.717, 1.165) is 17.3 Å². The number of nitrogen functional groups attached to an aromatic ring is 1. The number of rotatable bonds is 7. The maximum Gasteiger partial charge on any atom is 0.238 e. The number of nitrogens with zero attached hydrogens (tertiary/aromatic N) is 3. The van der Waals surface area contributed by atoms with Crippen molar-refractivity contribution in [2.24, 2.45) is 5.14 Å². The minimum atomic E-state index is -3.71. The van der Waals surface area contributed by atoms with E-state index in [1.807, 2.05) is 6.07 Å². The fourth-order valence-electron chi connectivity index (χ4n) is 1.91. The number of aromatic nitrogens is 2. The predicted octanol–water partition coefficient (Wildman–Crippen LogP) is 0.0289. The molecule has 1 heterocycles. The minimum absolute atomic E-state index is 0.0448. The van der Waals surface area contributed by atoms with Crippen molar-refractivity contribution in [2.45, 2.75) is 16.5 Å². The first kappa shape index (κ1) is 19.6. The van der Waals surface area contributed by atoms with Crippen LogP contribution in [0, 0.1) is 11.3 Å². The van der Waals surface area contributed by atoms with E-state index >= 15 is 0 Å². The molecule has 0 aliphatic heterocycles. The number of sulfonamides is 1.